The number of methoxy groups -OCH3 is 2. The summed E-state index contributed by atoms with van der Waals surface area (Å²) in [5.41, 5.74) is 1.50. The van der Waals surface area contributed by atoms with Crippen LogP contribution < -0.4 is 15.1 Å². The maximum Gasteiger partial charge on any atom is 0.339 e. The smallest absolute Gasteiger partial charge is 0.339 e. The molecular weight excluding hydrogens is 268 g/mol. The molecule has 0 saturated heterocycles. The Morgan fingerprint density at radius 3 is 2.58 bits per heavy atom. The second kappa shape index (κ2) is 5.53. The molecule has 2 rings (SSSR count). The molecule has 0 bridgehead atoms. The van der Waals surface area contributed by atoms with Crippen LogP contribution >= 0.6 is 11.6 Å². The van der Waals surface area contributed by atoms with Crippen molar-refractivity contribution < 1.29 is 13.9 Å². The fourth-order valence-electron chi connectivity index (χ4n) is 2.15. The molecule has 0 spiro atoms. The quantitative estimate of drug-likeness (QED) is 0.639. The molecule has 0 aliphatic carbocycles. The van der Waals surface area contributed by atoms with E-state index in [1.54, 1.807) is 6.07 Å². The Hall–Kier alpha value is -1.68. The average Bonchev–Trinajstić information content (AvgIpc) is 2.42. The van der Waals surface area contributed by atoms with E-state index in [9.17, 15) is 4.79 Å². The number of alkyl halides is 1. The highest BCUT2D eigenvalue weighted by molar-refractivity contribution is 6.18. The van der Waals surface area contributed by atoms with Gasteiger partial charge >= 0.3 is 5.63 Å². The molecule has 2 aromatic rings. The van der Waals surface area contributed by atoms with Crippen molar-refractivity contribution >= 4 is 22.6 Å². The van der Waals surface area contributed by atoms with Gasteiger partial charge in [0.1, 0.15) is 0 Å². The van der Waals surface area contributed by atoms with Crippen molar-refractivity contribution in [1.29, 1.82) is 0 Å². The van der Waals surface area contributed by atoms with Gasteiger partial charge in [0.2, 0.25) is 5.75 Å². The summed E-state index contributed by atoms with van der Waals surface area (Å²) in [5.74, 6) is 1.34. The van der Waals surface area contributed by atoms with Gasteiger partial charge in [-0.1, -0.05) is 0 Å². The fraction of sp³-hybridized carbons (Fsp3) is 0.357. The second-order valence-corrected chi connectivity index (χ2v) is 4.49. The summed E-state index contributed by atoms with van der Waals surface area (Å²) in [6, 6.07) is 3.64. The molecule has 1 aromatic heterocycles. The standard InChI is InChI=1S/C14H15ClO4/c1-8-9-4-5-11(17-2)13(18-3)12(9)19-14(16)10(8)6-7-15/h4-5H,6-7H2,1-3H3. The van der Waals surface area contributed by atoms with Crippen molar-refractivity contribution in [3.63, 3.8) is 0 Å². The van der Waals surface area contributed by atoms with Gasteiger partial charge < -0.3 is 13.9 Å². The van der Waals surface area contributed by atoms with Gasteiger partial charge in [-0.05, 0) is 31.0 Å². The van der Waals surface area contributed by atoms with E-state index in [2.05, 4.69) is 0 Å². The van der Waals surface area contributed by atoms with E-state index >= 15 is 0 Å². The van der Waals surface area contributed by atoms with Crippen molar-refractivity contribution in [3.05, 3.63) is 33.7 Å². The number of hydrogen-bond donors (Lipinski definition) is 0. The van der Waals surface area contributed by atoms with E-state index in [0.717, 1.165) is 10.9 Å². The number of rotatable bonds is 4. The SMILES string of the molecule is COc1ccc2c(C)c(CCCl)c(=O)oc2c1OC. The van der Waals surface area contributed by atoms with Crippen LogP contribution in [-0.2, 0) is 6.42 Å². The Bertz CT molecular complexity index is 661. The molecule has 0 atom stereocenters. The molecule has 0 fully saturated rings. The second-order valence-electron chi connectivity index (χ2n) is 4.11. The molecule has 0 N–H and O–H groups in total. The number of benzene rings is 1. The highest BCUT2D eigenvalue weighted by Gasteiger charge is 2.17. The molecule has 0 aliphatic rings. The van der Waals surface area contributed by atoms with Crippen LogP contribution in [0.3, 0.4) is 0 Å². The van der Waals surface area contributed by atoms with Gasteiger partial charge in [0.25, 0.3) is 0 Å². The first kappa shape index (κ1) is 13.7. The largest absolute Gasteiger partial charge is 0.493 e. The lowest BCUT2D eigenvalue weighted by atomic mass is 10.0. The maximum absolute atomic E-state index is 12.0. The Morgan fingerprint density at radius 1 is 1.26 bits per heavy atom. The minimum Gasteiger partial charge on any atom is -0.493 e. The zero-order valence-corrected chi connectivity index (χ0v) is 11.8. The molecule has 102 valence electrons. The molecule has 0 radical (unpaired) electrons. The summed E-state index contributed by atoms with van der Waals surface area (Å²) in [6.45, 7) is 1.88. The molecule has 0 aliphatic heterocycles. The van der Waals surface area contributed by atoms with E-state index in [1.165, 1.54) is 14.2 Å². The van der Waals surface area contributed by atoms with Gasteiger partial charge in [-0.25, -0.2) is 4.79 Å². The van der Waals surface area contributed by atoms with Gasteiger partial charge in [0.15, 0.2) is 11.3 Å². The fourth-order valence-corrected chi connectivity index (χ4v) is 2.34. The zero-order valence-electron chi connectivity index (χ0n) is 11.1. The lowest BCUT2D eigenvalue weighted by Crippen LogP contribution is -2.11. The molecule has 0 saturated carbocycles. The Balaban J connectivity index is 2.83. The van der Waals surface area contributed by atoms with Crippen molar-refractivity contribution in [3.8, 4) is 11.5 Å². The van der Waals surface area contributed by atoms with Crippen molar-refractivity contribution in [2.45, 2.75) is 13.3 Å². The molecule has 4 nitrogen and oxygen atoms in total. The molecular formula is C14H15ClO4. The first-order valence-electron chi connectivity index (χ1n) is 5.87. The summed E-state index contributed by atoms with van der Waals surface area (Å²) in [4.78, 5) is 12.0. The summed E-state index contributed by atoms with van der Waals surface area (Å²) in [5, 5.41) is 0.831. The van der Waals surface area contributed by atoms with E-state index in [4.69, 9.17) is 25.5 Å². The van der Waals surface area contributed by atoms with Gasteiger partial charge in [0, 0.05) is 16.8 Å². The van der Waals surface area contributed by atoms with Gasteiger partial charge in [-0.3, -0.25) is 0 Å². The predicted molar refractivity (Wildman–Crippen MR) is 74.7 cm³/mol. The third-order valence-electron chi connectivity index (χ3n) is 3.14. The number of aryl methyl sites for hydroxylation is 1. The van der Waals surface area contributed by atoms with Crippen LogP contribution in [0.1, 0.15) is 11.1 Å². The average molecular weight is 283 g/mol. The highest BCUT2D eigenvalue weighted by atomic mass is 35.5. The van der Waals surface area contributed by atoms with Gasteiger partial charge in [-0.15, -0.1) is 11.6 Å². The Morgan fingerprint density at radius 2 is 2.00 bits per heavy atom. The zero-order chi connectivity index (χ0) is 14.0. The lowest BCUT2D eigenvalue weighted by Gasteiger charge is -2.12. The highest BCUT2D eigenvalue weighted by Crippen LogP contribution is 2.36. The Kier molecular flexibility index (Phi) is 4.00. The molecule has 19 heavy (non-hydrogen) atoms. The summed E-state index contributed by atoms with van der Waals surface area (Å²) in [7, 11) is 3.05. The minimum atomic E-state index is -0.378. The summed E-state index contributed by atoms with van der Waals surface area (Å²) in [6.07, 6.45) is 0.486. The van der Waals surface area contributed by atoms with Crippen LogP contribution in [0.5, 0.6) is 11.5 Å². The predicted octanol–water partition coefficient (Wildman–Crippen LogP) is 2.90. The van der Waals surface area contributed by atoms with Crippen molar-refractivity contribution in [2.75, 3.05) is 20.1 Å². The first-order chi connectivity index (χ1) is 9.13. The molecule has 0 unspecified atom stereocenters. The first-order valence-corrected chi connectivity index (χ1v) is 6.40. The van der Waals surface area contributed by atoms with Gasteiger partial charge in [0.05, 0.1) is 14.2 Å². The maximum atomic E-state index is 12.0. The van der Waals surface area contributed by atoms with Crippen LogP contribution in [0.25, 0.3) is 11.0 Å². The van der Waals surface area contributed by atoms with Crippen LogP contribution in [0.4, 0.5) is 0 Å². The molecule has 1 heterocycles. The third-order valence-corrected chi connectivity index (χ3v) is 3.33. The summed E-state index contributed by atoms with van der Waals surface area (Å²) < 4.78 is 15.8. The number of fused-ring (bicyclic) bond motifs is 1. The number of ether oxygens (including phenoxy) is 2. The van der Waals surface area contributed by atoms with E-state index < -0.39 is 0 Å². The van der Waals surface area contributed by atoms with Crippen LogP contribution in [0, 0.1) is 6.92 Å². The van der Waals surface area contributed by atoms with E-state index in [0.29, 0.717) is 34.9 Å². The van der Waals surface area contributed by atoms with Crippen LogP contribution in [-0.4, -0.2) is 20.1 Å². The van der Waals surface area contributed by atoms with Crippen molar-refractivity contribution in [1.82, 2.24) is 0 Å². The number of hydrogen-bond acceptors (Lipinski definition) is 4. The topological polar surface area (TPSA) is 48.7 Å². The molecule has 1 aromatic carbocycles. The normalized spacial score (nSPS) is 10.7. The van der Waals surface area contributed by atoms with Crippen molar-refractivity contribution in [2.24, 2.45) is 0 Å². The van der Waals surface area contributed by atoms with Crippen LogP contribution in [0.15, 0.2) is 21.3 Å². The number of halogens is 1. The van der Waals surface area contributed by atoms with Crippen LogP contribution in [0.2, 0.25) is 0 Å². The molecule has 0 amide bonds. The minimum absolute atomic E-state index is 0.378. The Labute approximate surface area is 115 Å². The monoisotopic (exact) mass is 282 g/mol. The van der Waals surface area contributed by atoms with Gasteiger partial charge in [-0.2, -0.15) is 0 Å². The molecule has 5 heteroatoms. The van der Waals surface area contributed by atoms with E-state index in [-0.39, 0.29) is 5.63 Å². The third kappa shape index (κ3) is 2.28. The van der Waals surface area contributed by atoms with E-state index in [1.807, 2.05) is 13.0 Å². The summed E-state index contributed by atoms with van der Waals surface area (Å²) >= 11 is 5.71. The lowest BCUT2D eigenvalue weighted by molar-refractivity contribution is 0.351.